The highest BCUT2D eigenvalue weighted by atomic mass is 16.6. The van der Waals surface area contributed by atoms with E-state index in [0.29, 0.717) is 0 Å². The first-order chi connectivity index (χ1) is 7.02. The van der Waals surface area contributed by atoms with Crippen molar-refractivity contribution in [2.75, 3.05) is 0 Å². The van der Waals surface area contributed by atoms with Crippen LogP contribution in [0.5, 0.6) is 0 Å². The number of rotatable bonds is 1. The lowest BCUT2D eigenvalue weighted by Gasteiger charge is -2.19. The van der Waals surface area contributed by atoms with Gasteiger partial charge in [-0.1, -0.05) is 5.92 Å². The Kier molecular flexibility index (Phi) is 7.87. The molecule has 0 spiro atoms. The van der Waals surface area contributed by atoms with E-state index >= 15 is 0 Å². The van der Waals surface area contributed by atoms with Gasteiger partial charge >= 0.3 is 0 Å². The molecule has 3 N–H and O–H groups in total. The van der Waals surface area contributed by atoms with E-state index in [1.165, 1.54) is 0 Å². The Labute approximate surface area is 98.9 Å². The molecule has 0 aromatic rings. The minimum absolute atomic E-state index is 0.0880. The summed E-state index contributed by atoms with van der Waals surface area (Å²) in [6.07, 6.45) is 5.10. The number of terminal acetylenes is 1. The number of hydrogen-bond donors (Lipinski definition) is 2. The van der Waals surface area contributed by atoms with Gasteiger partial charge in [0.05, 0.1) is 12.0 Å². The molecule has 0 radical (unpaired) electrons. The van der Waals surface area contributed by atoms with Crippen molar-refractivity contribution in [1.29, 1.82) is 0 Å². The first-order valence-corrected chi connectivity index (χ1v) is 5.14. The van der Waals surface area contributed by atoms with Gasteiger partial charge < -0.3 is 5.32 Å². The number of nitrogens with one attached hydrogen (secondary N) is 1. The Morgan fingerprint density at radius 1 is 1.31 bits per heavy atom. The molecule has 0 aliphatic heterocycles. The maximum atomic E-state index is 10.8. The van der Waals surface area contributed by atoms with Gasteiger partial charge in [0.25, 0.3) is 0 Å². The molecule has 0 saturated carbocycles. The number of hydrogen-bond acceptors (Lipinski definition) is 3. The molecule has 0 aromatic carbocycles. The second-order valence-electron chi connectivity index (χ2n) is 5.41. The molecule has 4 nitrogen and oxygen atoms in total. The summed E-state index contributed by atoms with van der Waals surface area (Å²) in [5, 5.41) is 2.74. The highest BCUT2D eigenvalue weighted by Gasteiger charge is 2.11. The van der Waals surface area contributed by atoms with Crippen LogP contribution in [-0.2, 0) is 9.63 Å². The summed E-state index contributed by atoms with van der Waals surface area (Å²) >= 11 is 0. The van der Waals surface area contributed by atoms with Crippen molar-refractivity contribution in [1.82, 2.24) is 5.32 Å². The summed E-state index contributed by atoms with van der Waals surface area (Å²) in [4.78, 5) is 15.2. The maximum absolute atomic E-state index is 10.8. The SMILES string of the molecule is C#CCC(=O)NC(C)(C)C.CC(C)(C)ON. The van der Waals surface area contributed by atoms with Crippen LogP contribution >= 0.6 is 0 Å². The molecule has 0 aromatic heterocycles. The second-order valence-corrected chi connectivity index (χ2v) is 5.41. The summed E-state index contributed by atoms with van der Waals surface area (Å²) in [5.74, 6) is 7.00. The molecule has 0 rings (SSSR count). The Balaban J connectivity index is 0. The van der Waals surface area contributed by atoms with Crippen LogP contribution in [0.4, 0.5) is 0 Å². The molecular formula is C12H24N2O2. The minimum Gasteiger partial charge on any atom is -0.351 e. The smallest absolute Gasteiger partial charge is 0.232 e. The molecule has 94 valence electrons. The number of carbonyl (C=O) groups excluding carboxylic acids is 1. The van der Waals surface area contributed by atoms with E-state index in [1.807, 2.05) is 41.5 Å². The van der Waals surface area contributed by atoms with Crippen molar-refractivity contribution in [3.63, 3.8) is 0 Å². The van der Waals surface area contributed by atoms with Crippen LogP contribution < -0.4 is 11.2 Å². The van der Waals surface area contributed by atoms with Crippen LogP contribution in [0.2, 0.25) is 0 Å². The number of nitrogens with two attached hydrogens (primary N) is 1. The topological polar surface area (TPSA) is 64.3 Å². The third-order valence-electron chi connectivity index (χ3n) is 1.13. The molecule has 0 saturated heterocycles. The highest BCUT2D eigenvalue weighted by Crippen LogP contribution is 2.00. The van der Waals surface area contributed by atoms with Gasteiger partial charge in [-0.25, -0.2) is 5.90 Å². The fourth-order valence-electron chi connectivity index (χ4n) is 0.555. The van der Waals surface area contributed by atoms with E-state index in [4.69, 9.17) is 12.3 Å². The second kappa shape index (κ2) is 7.26. The van der Waals surface area contributed by atoms with Crippen LogP contribution in [-0.4, -0.2) is 17.0 Å². The summed E-state index contributed by atoms with van der Waals surface area (Å²) < 4.78 is 0. The van der Waals surface area contributed by atoms with Crippen LogP contribution in [0, 0.1) is 12.3 Å². The fourth-order valence-corrected chi connectivity index (χ4v) is 0.555. The molecular weight excluding hydrogens is 204 g/mol. The minimum atomic E-state index is -0.181. The first-order valence-electron chi connectivity index (χ1n) is 5.14. The van der Waals surface area contributed by atoms with Gasteiger partial charge in [0, 0.05) is 5.54 Å². The first kappa shape index (κ1) is 17.3. The molecule has 1 amide bonds. The van der Waals surface area contributed by atoms with Crippen molar-refractivity contribution in [3.8, 4) is 12.3 Å². The van der Waals surface area contributed by atoms with Crippen LogP contribution in [0.1, 0.15) is 48.0 Å². The predicted octanol–water partition coefficient (Wildman–Crippen LogP) is 1.60. The zero-order valence-corrected chi connectivity index (χ0v) is 11.2. The molecule has 0 unspecified atom stereocenters. The predicted molar refractivity (Wildman–Crippen MR) is 66.4 cm³/mol. The van der Waals surface area contributed by atoms with E-state index in [1.54, 1.807) is 0 Å². The Morgan fingerprint density at radius 2 is 1.69 bits per heavy atom. The summed E-state index contributed by atoms with van der Waals surface area (Å²) in [7, 11) is 0. The maximum Gasteiger partial charge on any atom is 0.232 e. The van der Waals surface area contributed by atoms with Crippen molar-refractivity contribution >= 4 is 5.91 Å². The van der Waals surface area contributed by atoms with Crippen molar-refractivity contribution in [2.24, 2.45) is 5.90 Å². The normalized spacial score (nSPS) is 10.9. The van der Waals surface area contributed by atoms with Crippen molar-refractivity contribution in [2.45, 2.75) is 59.1 Å². The van der Waals surface area contributed by atoms with Crippen LogP contribution in [0.3, 0.4) is 0 Å². The zero-order chi connectivity index (χ0) is 13.4. The average molecular weight is 228 g/mol. The lowest BCUT2D eigenvalue weighted by Crippen LogP contribution is -2.40. The van der Waals surface area contributed by atoms with Gasteiger partial charge in [-0.2, -0.15) is 0 Å². The van der Waals surface area contributed by atoms with Gasteiger partial charge in [0.2, 0.25) is 5.91 Å². The van der Waals surface area contributed by atoms with Crippen molar-refractivity contribution in [3.05, 3.63) is 0 Å². The van der Waals surface area contributed by atoms with E-state index in [0.717, 1.165) is 0 Å². The lowest BCUT2D eigenvalue weighted by molar-refractivity contribution is -0.121. The molecule has 0 atom stereocenters. The van der Waals surface area contributed by atoms with Crippen LogP contribution in [0.15, 0.2) is 0 Å². The van der Waals surface area contributed by atoms with Gasteiger partial charge in [-0.05, 0) is 41.5 Å². The summed E-state index contributed by atoms with van der Waals surface area (Å²) in [5.41, 5.74) is -0.353. The quantitative estimate of drug-likeness (QED) is 0.529. The third kappa shape index (κ3) is 18.7. The van der Waals surface area contributed by atoms with Gasteiger partial charge in [0.15, 0.2) is 0 Å². The Bertz CT molecular complexity index is 241. The van der Waals surface area contributed by atoms with Gasteiger partial charge in [-0.15, -0.1) is 6.42 Å². The largest absolute Gasteiger partial charge is 0.351 e. The van der Waals surface area contributed by atoms with E-state index in [-0.39, 0.29) is 23.5 Å². The molecule has 4 heteroatoms. The van der Waals surface area contributed by atoms with E-state index in [9.17, 15) is 4.79 Å². The summed E-state index contributed by atoms with van der Waals surface area (Å²) in [6.45, 7) is 11.4. The standard InChI is InChI=1S/C8H13NO.C4H11NO/c1-5-6-7(10)9-8(2,3)4;1-4(2,3)6-5/h1H,6H2,2-4H3,(H,9,10);5H2,1-3H3. The fraction of sp³-hybridized carbons (Fsp3) is 0.750. The molecule has 0 heterocycles. The molecule has 0 aliphatic rings. The average Bonchev–Trinajstić information content (AvgIpc) is 2.01. The molecule has 0 aliphatic carbocycles. The number of amides is 1. The Morgan fingerprint density at radius 3 is 1.88 bits per heavy atom. The van der Waals surface area contributed by atoms with Gasteiger partial charge in [0.1, 0.15) is 0 Å². The highest BCUT2D eigenvalue weighted by molar-refractivity contribution is 5.78. The van der Waals surface area contributed by atoms with Gasteiger partial charge in [-0.3, -0.25) is 9.63 Å². The number of carbonyl (C=O) groups is 1. The van der Waals surface area contributed by atoms with Crippen LogP contribution in [0.25, 0.3) is 0 Å². The molecule has 0 bridgehead atoms. The monoisotopic (exact) mass is 228 g/mol. The van der Waals surface area contributed by atoms with Crippen molar-refractivity contribution < 1.29 is 9.63 Å². The van der Waals surface area contributed by atoms with E-state index in [2.05, 4.69) is 16.1 Å². The summed E-state index contributed by atoms with van der Waals surface area (Å²) in [6, 6.07) is 0. The zero-order valence-electron chi connectivity index (χ0n) is 11.2. The Hall–Kier alpha value is -1.05. The molecule has 16 heavy (non-hydrogen) atoms. The molecule has 0 fully saturated rings. The third-order valence-corrected chi connectivity index (χ3v) is 1.13. The lowest BCUT2D eigenvalue weighted by atomic mass is 10.1. The van der Waals surface area contributed by atoms with E-state index < -0.39 is 0 Å².